The molecule has 3 nitrogen and oxygen atoms in total. The fraction of sp³-hybridized carbons (Fsp3) is 1.00. The van der Waals surface area contributed by atoms with E-state index < -0.39 is 11.7 Å². The molecule has 0 unspecified atom stereocenters. The molecule has 0 radical (unpaired) electrons. The molecule has 0 heterocycles. The van der Waals surface area contributed by atoms with Crippen LogP contribution in [0.3, 0.4) is 0 Å². The van der Waals surface area contributed by atoms with Crippen molar-refractivity contribution < 1.29 is 15.3 Å². The van der Waals surface area contributed by atoms with Crippen LogP contribution in [-0.4, -0.2) is 33.1 Å². The first-order chi connectivity index (χ1) is 8.14. The average molecular weight is 254 g/mol. The van der Waals surface area contributed by atoms with Crippen LogP contribution in [-0.2, 0) is 0 Å². The standard InChI is InChI=1S/C15H26O3/c1-8-5-9(16)12-13(2,3)10-6-15(8,12)11(17)7-14(10,4)18/h8-12,16-18H,5-7H2,1-4H3/t8-,9-,10-,11+,12+,14-,15+/m1/s1. The van der Waals surface area contributed by atoms with Crippen molar-refractivity contribution in [2.24, 2.45) is 28.6 Å². The Morgan fingerprint density at radius 3 is 2.28 bits per heavy atom. The van der Waals surface area contributed by atoms with Crippen molar-refractivity contribution in [2.75, 3.05) is 0 Å². The Hall–Kier alpha value is -0.120. The minimum absolute atomic E-state index is 0.106. The van der Waals surface area contributed by atoms with Gasteiger partial charge in [0.15, 0.2) is 0 Å². The van der Waals surface area contributed by atoms with Gasteiger partial charge in [0.25, 0.3) is 0 Å². The molecule has 0 aromatic carbocycles. The van der Waals surface area contributed by atoms with Gasteiger partial charge in [0.05, 0.1) is 17.8 Å². The summed E-state index contributed by atoms with van der Waals surface area (Å²) in [5.41, 5.74) is -1.08. The lowest BCUT2D eigenvalue weighted by Gasteiger charge is -2.47. The molecule has 3 aliphatic carbocycles. The number of rotatable bonds is 0. The Morgan fingerprint density at radius 2 is 1.67 bits per heavy atom. The highest BCUT2D eigenvalue weighted by molar-refractivity contribution is 5.22. The molecular formula is C15H26O3. The normalized spacial score (nSPS) is 61.8. The summed E-state index contributed by atoms with van der Waals surface area (Å²) in [5, 5.41) is 31.7. The van der Waals surface area contributed by atoms with Gasteiger partial charge in [0.2, 0.25) is 0 Å². The van der Waals surface area contributed by atoms with Crippen molar-refractivity contribution in [3.63, 3.8) is 0 Å². The average Bonchev–Trinajstić information content (AvgIpc) is 2.57. The quantitative estimate of drug-likeness (QED) is 0.614. The van der Waals surface area contributed by atoms with E-state index in [0.717, 1.165) is 12.8 Å². The molecule has 3 rings (SSSR count). The molecule has 0 aromatic rings. The summed E-state index contributed by atoms with van der Waals surface area (Å²) in [6.07, 6.45) is 1.29. The summed E-state index contributed by atoms with van der Waals surface area (Å²) < 4.78 is 0. The predicted molar refractivity (Wildman–Crippen MR) is 68.8 cm³/mol. The Balaban J connectivity index is 2.15. The monoisotopic (exact) mass is 254 g/mol. The van der Waals surface area contributed by atoms with Crippen molar-refractivity contribution in [3.05, 3.63) is 0 Å². The summed E-state index contributed by atoms with van der Waals surface area (Å²) >= 11 is 0. The van der Waals surface area contributed by atoms with E-state index in [-0.39, 0.29) is 28.8 Å². The van der Waals surface area contributed by atoms with E-state index in [2.05, 4.69) is 20.8 Å². The molecule has 18 heavy (non-hydrogen) atoms. The third kappa shape index (κ3) is 1.21. The van der Waals surface area contributed by atoms with Crippen LogP contribution in [0.5, 0.6) is 0 Å². The maximum atomic E-state index is 10.6. The molecule has 0 amide bonds. The maximum Gasteiger partial charge on any atom is 0.0678 e. The summed E-state index contributed by atoms with van der Waals surface area (Å²) in [6.45, 7) is 8.34. The van der Waals surface area contributed by atoms with Gasteiger partial charge >= 0.3 is 0 Å². The number of fused-ring (bicyclic) bond motifs is 1. The van der Waals surface area contributed by atoms with Crippen LogP contribution in [0.1, 0.15) is 47.0 Å². The van der Waals surface area contributed by atoms with Crippen LogP contribution in [0.25, 0.3) is 0 Å². The minimum Gasteiger partial charge on any atom is -0.393 e. The summed E-state index contributed by atoms with van der Waals surface area (Å²) in [7, 11) is 0. The molecule has 0 aliphatic heterocycles. The van der Waals surface area contributed by atoms with Gasteiger partial charge < -0.3 is 15.3 Å². The number of hydrogen-bond acceptors (Lipinski definition) is 3. The van der Waals surface area contributed by atoms with Gasteiger partial charge in [0, 0.05) is 11.8 Å². The highest BCUT2D eigenvalue weighted by Crippen LogP contribution is 2.72. The smallest absolute Gasteiger partial charge is 0.0678 e. The van der Waals surface area contributed by atoms with Gasteiger partial charge in [-0.2, -0.15) is 0 Å². The molecule has 3 heteroatoms. The van der Waals surface area contributed by atoms with E-state index in [0.29, 0.717) is 12.3 Å². The summed E-state index contributed by atoms with van der Waals surface area (Å²) in [6, 6.07) is 0. The molecule has 7 atom stereocenters. The van der Waals surface area contributed by atoms with E-state index in [1.165, 1.54) is 0 Å². The topological polar surface area (TPSA) is 60.7 Å². The van der Waals surface area contributed by atoms with Gasteiger partial charge in [-0.25, -0.2) is 0 Å². The second-order valence-electron chi connectivity index (χ2n) is 7.95. The van der Waals surface area contributed by atoms with Gasteiger partial charge in [-0.3, -0.25) is 0 Å². The van der Waals surface area contributed by atoms with Crippen LogP contribution >= 0.6 is 0 Å². The largest absolute Gasteiger partial charge is 0.393 e. The van der Waals surface area contributed by atoms with E-state index in [4.69, 9.17) is 0 Å². The molecule has 3 saturated carbocycles. The van der Waals surface area contributed by atoms with E-state index in [9.17, 15) is 15.3 Å². The lowest BCUT2D eigenvalue weighted by molar-refractivity contribution is -0.127. The molecule has 1 spiro atoms. The van der Waals surface area contributed by atoms with Crippen LogP contribution in [0.4, 0.5) is 0 Å². The second kappa shape index (κ2) is 3.31. The SMILES string of the molecule is C[C@@H]1C[C@@H](O)[C@H]2C(C)(C)[C@H]3C[C@@]12[C@@H](O)C[C@@]3(C)O. The molecule has 2 bridgehead atoms. The lowest BCUT2D eigenvalue weighted by atomic mass is 9.62. The van der Waals surface area contributed by atoms with Gasteiger partial charge in [-0.15, -0.1) is 0 Å². The zero-order chi connectivity index (χ0) is 13.5. The first-order valence-electron chi connectivity index (χ1n) is 7.22. The number of aliphatic hydroxyl groups is 3. The Kier molecular flexibility index (Phi) is 2.37. The molecule has 104 valence electrons. The van der Waals surface area contributed by atoms with Crippen molar-refractivity contribution in [1.82, 2.24) is 0 Å². The molecule has 0 aromatic heterocycles. The molecule has 3 aliphatic rings. The Morgan fingerprint density at radius 1 is 1.06 bits per heavy atom. The number of hydrogen-bond donors (Lipinski definition) is 3. The zero-order valence-electron chi connectivity index (χ0n) is 11.8. The lowest BCUT2D eigenvalue weighted by Crippen LogP contribution is -2.51. The molecule has 0 saturated heterocycles. The van der Waals surface area contributed by atoms with Gasteiger partial charge in [-0.05, 0) is 42.9 Å². The number of aliphatic hydroxyl groups excluding tert-OH is 2. The third-order valence-electron chi connectivity index (χ3n) is 6.71. The summed E-state index contributed by atoms with van der Waals surface area (Å²) in [4.78, 5) is 0. The van der Waals surface area contributed by atoms with Crippen LogP contribution in [0.15, 0.2) is 0 Å². The van der Waals surface area contributed by atoms with Crippen LogP contribution < -0.4 is 0 Å². The summed E-state index contributed by atoms with van der Waals surface area (Å²) in [5.74, 6) is 0.637. The van der Waals surface area contributed by atoms with Gasteiger partial charge in [-0.1, -0.05) is 20.8 Å². The molecular weight excluding hydrogens is 228 g/mol. The van der Waals surface area contributed by atoms with Crippen molar-refractivity contribution in [2.45, 2.75) is 64.8 Å². The molecule has 3 N–H and O–H groups in total. The highest BCUT2D eigenvalue weighted by Gasteiger charge is 2.73. The molecule has 3 fully saturated rings. The van der Waals surface area contributed by atoms with Gasteiger partial charge in [0.1, 0.15) is 0 Å². The first-order valence-corrected chi connectivity index (χ1v) is 7.22. The highest BCUT2D eigenvalue weighted by atomic mass is 16.3. The van der Waals surface area contributed by atoms with Crippen molar-refractivity contribution in [3.8, 4) is 0 Å². The zero-order valence-corrected chi connectivity index (χ0v) is 11.8. The fourth-order valence-corrected chi connectivity index (χ4v) is 6.15. The van der Waals surface area contributed by atoms with E-state index in [1.54, 1.807) is 0 Å². The minimum atomic E-state index is -0.808. The van der Waals surface area contributed by atoms with Crippen LogP contribution in [0.2, 0.25) is 0 Å². The van der Waals surface area contributed by atoms with Crippen molar-refractivity contribution in [1.29, 1.82) is 0 Å². The second-order valence-corrected chi connectivity index (χ2v) is 7.95. The fourth-order valence-electron chi connectivity index (χ4n) is 6.15. The Bertz CT molecular complexity index is 376. The van der Waals surface area contributed by atoms with E-state index in [1.807, 2.05) is 6.92 Å². The van der Waals surface area contributed by atoms with E-state index >= 15 is 0 Å². The maximum absolute atomic E-state index is 10.6. The predicted octanol–water partition coefficient (Wildman–Crippen LogP) is 1.55. The van der Waals surface area contributed by atoms with Crippen molar-refractivity contribution >= 4 is 0 Å². The van der Waals surface area contributed by atoms with Crippen LogP contribution in [0, 0.1) is 28.6 Å². The Labute approximate surface area is 109 Å². The first kappa shape index (κ1) is 12.9. The third-order valence-corrected chi connectivity index (χ3v) is 6.71.